The Hall–Kier alpha value is -0.970. The van der Waals surface area contributed by atoms with E-state index < -0.39 is 0 Å². The molecule has 13 heavy (non-hydrogen) atoms. The number of thioether (sulfide) groups is 1. The van der Waals surface area contributed by atoms with Crippen molar-refractivity contribution in [3.63, 3.8) is 0 Å². The first-order valence-electron chi connectivity index (χ1n) is 4.10. The highest BCUT2D eigenvalue weighted by molar-refractivity contribution is 7.99. The summed E-state index contributed by atoms with van der Waals surface area (Å²) in [5, 5.41) is 0.659. The van der Waals surface area contributed by atoms with Crippen LogP contribution in [0.25, 0.3) is 0 Å². The van der Waals surface area contributed by atoms with E-state index >= 15 is 0 Å². The Morgan fingerprint density at radius 2 is 1.85 bits per heavy atom. The zero-order valence-corrected chi connectivity index (χ0v) is 8.64. The standard InChI is InChI=1S/C8H14N4S/c1-5(2)4-13-8-11-6(9)3-7(10)12-8/h3,5H,4H2,1-2H3,(H4,9,10,11,12). The quantitative estimate of drug-likeness (QED) is 0.567. The van der Waals surface area contributed by atoms with Gasteiger partial charge in [0.25, 0.3) is 0 Å². The van der Waals surface area contributed by atoms with Gasteiger partial charge in [-0.05, 0) is 5.92 Å². The van der Waals surface area contributed by atoms with Gasteiger partial charge < -0.3 is 11.5 Å². The molecule has 0 aromatic carbocycles. The van der Waals surface area contributed by atoms with Crippen LogP contribution in [0.2, 0.25) is 0 Å². The van der Waals surface area contributed by atoms with Crippen molar-refractivity contribution in [1.29, 1.82) is 0 Å². The van der Waals surface area contributed by atoms with E-state index in [1.165, 1.54) is 0 Å². The van der Waals surface area contributed by atoms with Crippen LogP contribution in [0.4, 0.5) is 11.6 Å². The predicted octanol–water partition coefficient (Wildman–Crippen LogP) is 1.39. The van der Waals surface area contributed by atoms with Crippen LogP contribution in [0.15, 0.2) is 11.2 Å². The summed E-state index contributed by atoms with van der Waals surface area (Å²) >= 11 is 1.57. The van der Waals surface area contributed by atoms with Gasteiger partial charge in [0.15, 0.2) is 5.16 Å². The molecule has 0 aliphatic rings. The smallest absolute Gasteiger partial charge is 0.191 e. The number of nitrogens with zero attached hydrogens (tertiary/aromatic N) is 2. The number of aromatic nitrogens is 2. The first kappa shape index (κ1) is 10.1. The summed E-state index contributed by atoms with van der Waals surface area (Å²) in [5.74, 6) is 2.44. The number of anilines is 2. The number of nitrogens with two attached hydrogens (primary N) is 2. The molecule has 1 aromatic heterocycles. The average Bonchev–Trinajstić information content (AvgIpc) is 1.99. The third-order valence-electron chi connectivity index (χ3n) is 1.29. The molecule has 0 fully saturated rings. The summed E-state index contributed by atoms with van der Waals surface area (Å²) in [6.45, 7) is 4.28. The number of nitrogen functional groups attached to an aromatic ring is 2. The predicted molar refractivity (Wildman–Crippen MR) is 56.4 cm³/mol. The van der Waals surface area contributed by atoms with E-state index in [1.54, 1.807) is 17.8 Å². The van der Waals surface area contributed by atoms with Crippen LogP contribution in [-0.4, -0.2) is 15.7 Å². The Balaban J connectivity index is 2.66. The summed E-state index contributed by atoms with van der Waals surface area (Å²) in [4.78, 5) is 8.11. The maximum Gasteiger partial charge on any atom is 0.191 e. The fourth-order valence-corrected chi connectivity index (χ4v) is 1.59. The van der Waals surface area contributed by atoms with E-state index in [4.69, 9.17) is 11.5 Å². The fourth-order valence-electron chi connectivity index (χ4n) is 0.768. The zero-order valence-electron chi connectivity index (χ0n) is 7.82. The van der Waals surface area contributed by atoms with Gasteiger partial charge >= 0.3 is 0 Å². The summed E-state index contributed by atoms with van der Waals surface area (Å²) in [6, 6.07) is 1.55. The highest BCUT2D eigenvalue weighted by Crippen LogP contribution is 2.18. The molecule has 0 radical (unpaired) electrons. The average molecular weight is 198 g/mol. The molecule has 5 heteroatoms. The Labute approximate surface area is 82.1 Å². The van der Waals surface area contributed by atoms with E-state index in [9.17, 15) is 0 Å². The summed E-state index contributed by atoms with van der Waals surface area (Å²) in [6.07, 6.45) is 0. The molecule has 1 aromatic rings. The second-order valence-corrected chi connectivity index (χ2v) is 4.19. The first-order chi connectivity index (χ1) is 6.08. The second kappa shape index (κ2) is 4.32. The Morgan fingerprint density at radius 3 is 2.31 bits per heavy atom. The number of rotatable bonds is 3. The lowest BCUT2D eigenvalue weighted by atomic mass is 10.3. The monoisotopic (exact) mass is 198 g/mol. The summed E-state index contributed by atoms with van der Waals surface area (Å²) < 4.78 is 0. The van der Waals surface area contributed by atoms with Gasteiger partial charge in [-0.15, -0.1) is 0 Å². The lowest BCUT2D eigenvalue weighted by Crippen LogP contribution is -2.00. The van der Waals surface area contributed by atoms with E-state index in [1.807, 2.05) is 0 Å². The van der Waals surface area contributed by atoms with E-state index in [0.29, 0.717) is 22.7 Å². The van der Waals surface area contributed by atoms with Crippen molar-refractivity contribution < 1.29 is 0 Å². The minimum absolute atomic E-state index is 0.429. The molecule has 0 atom stereocenters. The van der Waals surface area contributed by atoms with Gasteiger partial charge in [0, 0.05) is 11.8 Å². The highest BCUT2D eigenvalue weighted by atomic mass is 32.2. The molecule has 0 saturated carbocycles. The van der Waals surface area contributed by atoms with Crippen LogP contribution < -0.4 is 11.5 Å². The fraction of sp³-hybridized carbons (Fsp3) is 0.500. The minimum Gasteiger partial charge on any atom is -0.383 e. The van der Waals surface area contributed by atoms with Gasteiger partial charge in [0.2, 0.25) is 0 Å². The molecule has 0 bridgehead atoms. The Kier molecular flexibility index (Phi) is 3.36. The largest absolute Gasteiger partial charge is 0.383 e. The van der Waals surface area contributed by atoms with Crippen LogP contribution in [0.3, 0.4) is 0 Å². The molecule has 0 aliphatic heterocycles. The van der Waals surface area contributed by atoms with Crippen molar-refractivity contribution in [3.05, 3.63) is 6.07 Å². The summed E-state index contributed by atoms with van der Waals surface area (Å²) in [5.41, 5.74) is 11.0. The van der Waals surface area contributed by atoms with E-state index in [0.717, 1.165) is 5.75 Å². The van der Waals surface area contributed by atoms with Crippen molar-refractivity contribution in [2.45, 2.75) is 19.0 Å². The van der Waals surface area contributed by atoms with Crippen LogP contribution in [0.1, 0.15) is 13.8 Å². The van der Waals surface area contributed by atoms with Crippen molar-refractivity contribution in [2.75, 3.05) is 17.2 Å². The Morgan fingerprint density at radius 1 is 1.31 bits per heavy atom. The molecule has 0 saturated heterocycles. The topological polar surface area (TPSA) is 77.8 Å². The first-order valence-corrected chi connectivity index (χ1v) is 5.09. The highest BCUT2D eigenvalue weighted by Gasteiger charge is 2.02. The third kappa shape index (κ3) is 3.50. The van der Waals surface area contributed by atoms with Crippen molar-refractivity contribution >= 4 is 23.4 Å². The van der Waals surface area contributed by atoms with Crippen molar-refractivity contribution in [3.8, 4) is 0 Å². The van der Waals surface area contributed by atoms with Gasteiger partial charge in [0.1, 0.15) is 11.6 Å². The van der Waals surface area contributed by atoms with Crippen molar-refractivity contribution in [1.82, 2.24) is 9.97 Å². The summed E-state index contributed by atoms with van der Waals surface area (Å²) in [7, 11) is 0. The second-order valence-electron chi connectivity index (χ2n) is 3.21. The van der Waals surface area contributed by atoms with Gasteiger partial charge in [-0.2, -0.15) is 0 Å². The third-order valence-corrected chi connectivity index (χ3v) is 2.57. The lowest BCUT2D eigenvalue weighted by molar-refractivity contribution is 0.748. The molecular formula is C8H14N4S. The maximum absolute atomic E-state index is 5.52. The van der Waals surface area contributed by atoms with E-state index in [-0.39, 0.29) is 0 Å². The molecule has 4 N–H and O–H groups in total. The lowest BCUT2D eigenvalue weighted by Gasteiger charge is -2.04. The number of hydrogen-bond donors (Lipinski definition) is 2. The van der Waals surface area contributed by atoms with E-state index in [2.05, 4.69) is 23.8 Å². The van der Waals surface area contributed by atoms with Gasteiger partial charge in [-0.3, -0.25) is 0 Å². The normalized spacial score (nSPS) is 10.7. The molecule has 1 heterocycles. The zero-order chi connectivity index (χ0) is 9.84. The SMILES string of the molecule is CC(C)CSc1nc(N)cc(N)n1. The van der Waals surface area contributed by atoms with Gasteiger partial charge in [0.05, 0.1) is 0 Å². The van der Waals surface area contributed by atoms with Crippen LogP contribution in [-0.2, 0) is 0 Å². The molecule has 0 unspecified atom stereocenters. The van der Waals surface area contributed by atoms with Gasteiger partial charge in [-0.1, -0.05) is 25.6 Å². The Bertz CT molecular complexity index is 267. The molecule has 0 aliphatic carbocycles. The van der Waals surface area contributed by atoms with Gasteiger partial charge in [-0.25, -0.2) is 9.97 Å². The molecular weight excluding hydrogens is 184 g/mol. The van der Waals surface area contributed by atoms with Crippen molar-refractivity contribution in [2.24, 2.45) is 5.92 Å². The number of hydrogen-bond acceptors (Lipinski definition) is 5. The van der Waals surface area contributed by atoms with Crippen LogP contribution in [0, 0.1) is 5.92 Å². The van der Waals surface area contributed by atoms with Crippen LogP contribution in [0.5, 0.6) is 0 Å². The molecule has 0 spiro atoms. The molecule has 72 valence electrons. The maximum atomic E-state index is 5.52. The molecule has 4 nitrogen and oxygen atoms in total. The molecule has 0 amide bonds. The molecule has 1 rings (SSSR count). The minimum atomic E-state index is 0.429. The van der Waals surface area contributed by atoms with Crippen LogP contribution >= 0.6 is 11.8 Å².